The first kappa shape index (κ1) is 17.9. The van der Waals surface area contributed by atoms with Gasteiger partial charge in [0.2, 0.25) is 5.91 Å². The van der Waals surface area contributed by atoms with Crippen molar-refractivity contribution in [1.82, 2.24) is 4.90 Å². The van der Waals surface area contributed by atoms with Gasteiger partial charge in [0, 0.05) is 19.5 Å². The van der Waals surface area contributed by atoms with Gasteiger partial charge < -0.3 is 4.90 Å². The number of carbonyl (C=O) groups excluding carboxylic acids is 1. The van der Waals surface area contributed by atoms with Crippen molar-refractivity contribution in [3.8, 4) is 0 Å². The van der Waals surface area contributed by atoms with E-state index in [1.165, 1.54) is 64.2 Å². The predicted molar refractivity (Wildman–Crippen MR) is 103 cm³/mol. The average Bonchev–Trinajstić information content (AvgIpc) is 2.97. The molecule has 4 fully saturated rings. The van der Waals surface area contributed by atoms with Crippen LogP contribution in [-0.4, -0.2) is 23.4 Å². The monoisotopic (exact) mass is 345 g/mol. The van der Waals surface area contributed by atoms with Crippen molar-refractivity contribution in [3.05, 3.63) is 0 Å². The second kappa shape index (κ2) is 6.27. The Balaban J connectivity index is 1.53. The van der Waals surface area contributed by atoms with Crippen LogP contribution in [0.2, 0.25) is 0 Å². The quantitative estimate of drug-likeness (QED) is 0.632. The van der Waals surface area contributed by atoms with Gasteiger partial charge in [-0.1, -0.05) is 20.3 Å². The minimum atomic E-state index is 0.282. The standard InChI is InChI=1S/C23H39NO/c1-5-24(16(2)25)18-10-14-23(4)17(15-18)8-9-19-20-7-6-12-22(20,3)13-11-21(19)23/h17-21H,5-15H2,1-4H3. The number of hydrogen-bond acceptors (Lipinski definition) is 1. The van der Waals surface area contributed by atoms with Crippen LogP contribution in [0.15, 0.2) is 0 Å². The van der Waals surface area contributed by atoms with Gasteiger partial charge in [-0.15, -0.1) is 0 Å². The first-order valence-corrected chi connectivity index (χ1v) is 11.2. The fraction of sp³-hybridized carbons (Fsp3) is 0.957. The zero-order valence-corrected chi connectivity index (χ0v) is 17.0. The van der Waals surface area contributed by atoms with Crippen LogP contribution < -0.4 is 0 Å². The highest BCUT2D eigenvalue weighted by Crippen LogP contribution is 2.66. The molecule has 142 valence electrons. The Hall–Kier alpha value is -0.530. The lowest BCUT2D eigenvalue weighted by atomic mass is 9.45. The van der Waals surface area contributed by atoms with E-state index in [1.54, 1.807) is 6.92 Å². The molecule has 0 aliphatic heterocycles. The van der Waals surface area contributed by atoms with E-state index >= 15 is 0 Å². The number of carbonyl (C=O) groups is 1. The van der Waals surface area contributed by atoms with Crippen LogP contribution in [0.25, 0.3) is 0 Å². The van der Waals surface area contributed by atoms with Gasteiger partial charge in [0.25, 0.3) is 0 Å². The van der Waals surface area contributed by atoms with Crippen molar-refractivity contribution in [3.63, 3.8) is 0 Å². The van der Waals surface area contributed by atoms with Crippen LogP contribution in [0, 0.1) is 34.5 Å². The first-order chi connectivity index (χ1) is 11.9. The SMILES string of the molecule is CCN(C(C)=O)C1CCC2(C)C(CCC3C4CCCC4(C)CCC32)C1. The maximum Gasteiger partial charge on any atom is 0.219 e. The molecule has 0 saturated heterocycles. The molecule has 0 aromatic rings. The van der Waals surface area contributed by atoms with Crippen molar-refractivity contribution < 1.29 is 4.79 Å². The lowest BCUT2D eigenvalue weighted by Gasteiger charge is -2.61. The summed E-state index contributed by atoms with van der Waals surface area (Å²) in [7, 11) is 0. The highest BCUT2D eigenvalue weighted by atomic mass is 16.2. The van der Waals surface area contributed by atoms with Gasteiger partial charge in [0.1, 0.15) is 0 Å². The summed E-state index contributed by atoms with van der Waals surface area (Å²) in [5.41, 5.74) is 1.23. The molecule has 4 aliphatic carbocycles. The van der Waals surface area contributed by atoms with Gasteiger partial charge in [-0.05, 0) is 99.2 Å². The molecule has 0 bridgehead atoms. The van der Waals surface area contributed by atoms with E-state index in [0.29, 0.717) is 16.9 Å². The highest BCUT2D eigenvalue weighted by molar-refractivity contribution is 5.73. The van der Waals surface area contributed by atoms with E-state index in [9.17, 15) is 4.79 Å². The van der Waals surface area contributed by atoms with E-state index in [4.69, 9.17) is 0 Å². The summed E-state index contributed by atoms with van der Waals surface area (Å²) < 4.78 is 0. The average molecular weight is 346 g/mol. The largest absolute Gasteiger partial charge is 0.340 e. The number of hydrogen-bond donors (Lipinski definition) is 0. The van der Waals surface area contributed by atoms with E-state index in [2.05, 4.69) is 25.7 Å². The molecule has 0 aromatic heterocycles. The van der Waals surface area contributed by atoms with Gasteiger partial charge in [0.15, 0.2) is 0 Å². The maximum atomic E-state index is 12.0. The third kappa shape index (κ3) is 2.69. The van der Waals surface area contributed by atoms with Crippen molar-refractivity contribution in [2.45, 2.75) is 97.9 Å². The lowest BCUT2D eigenvalue weighted by Crippen LogP contribution is -2.55. The molecular formula is C23H39NO. The highest BCUT2D eigenvalue weighted by Gasteiger charge is 2.58. The Morgan fingerprint density at radius 3 is 2.52 bits per heavy atom. The van der Waals surface area contributed by atoms with Crippen molar-refractivity contribution in [2.24, 2.45) is 34.5 Å². The fourth-order valence-electron chi connectivity index (χ4n) is 8.25. The summed E-state index contributed by atoms with van der Waals surface area (Å²) in [6.07, 6.45) is 14.2. The van der Waals surface area contributed by atoms with Gasteiger partial charge in [0.05, 0.1) is 0 Å². The minimum Gasteiger partial charge on any atom is -0.340 e. The zero-order chi connectivity index (χ0) is 17.8. The number of fused-ring (bicyclic) bond motifs is 5. The predicted octanol–water partition coefficient (Wildman–Crippen LogP) is 5.66. The molecule has 4 aliphatic rings. The first-order valence-electron chi connectivity index (χ1n) is 11.2. The lowest BCUT2D eigenvalue weighted by molar-refractivity contribution is -0.139. The fourth-order valence-corrected chi connectivity index (χ4v) is 8.25. The molecule has 2 heteroatoms. The zero-order valence-electron chi connectivity index (χ0n) is 17.0. The number of amides is 1. The topological polar surface area (TPSA) is 20.3 Å². The molecule has 25 heavy (non-hydrogen) atoms. The van der Waals surface area contributed by atoms with Gasteiger partial charge in [-0.3, -0.25) is 4.79 Å². The Kier molecular flexibility index (Phi) is 4.48. The maximum absolute atomic E-state index is 12.0. The summed E-state index contributed by atoms with van der Waals surface area (Å²) in [4.78, 5) is 14.2. The second-order valence-electron chi connectivity index (χ2n) is 10.5. The molecule has 0 spiro atoms. The third-order valence-corrected chi connectivity index (χ3v) is 9.61. The summed E-state index contributed by atoms with van der Waals surface area (Å²) in [6, 6.07) is 0.512. The van der Waals surface area contributed by atoms with Crippen LogP contribution in [-0.2, 0) is 4.79 Å². The minimum absolute atomic E-state index is 0.282. The van der Waals surface area contributed by atoms with E-state index < -0.39 is 0 Å². The van der Waals surface area contributed by atoms with E-state index in [-0.39, 0.29) is 5.91 Å². The molecule has 7 unspecified atom stereocenters. The molecule has 1 amide bonds. The normalized spacial score (nSPS) is 49.0. The van der Waals surface area contributed by atoms with E-state index in [1.807, 2.05) is 0 Å². The Morgan fingerprint density at radius 1 is 1.00 bits per heavy atom. The number of rotatable bonds is 2. The molecule has 0 heterocycles. The summed E-state index contributed by atoms with van der Waals surface area (Å²) in [5, 5.41) is 0. The summed E-state index contributed by atoms with van der Waals surface area (Å²) >= 11 is 0. The molecule has 2 nitrogen and oxygen atoms in total. The third-order valence-electron chi connectivity index (χ3n) is 9.61. The van der Waals surface area contributed by atoms with Crippen LogP contribution in [0.5, 0.6) is 0 Å². The molecule has 0 radical (unpaired) electrons. The van der Waals surface area contributed by atoms with Crippen molar-refractivity contribution in [2.75, 3.05) is 6.54 Å². The smallest absolute Gasteiger partial charge is 0.219 e. The molecule has 4 rings (SSSR count). The summed E-state index contributed by atoms with van der Waals surface area (Å²) in [5.74, 6) is 4.13. The van der Waals surface area contributed by atoms with Crippen molar-refractivity contribution >= 4 is 5.91 Å². The Labute approximate surface area is 155 Å². The summed E-state index contributed by atoms with van der Waals surface area (Å²) in [6.45, 7) is 10.0. The number of nitrogens with zero attached hydrogens (tertiary/aromatic N) is 1. The second-order valence-corrected chi connectivity index (χ2v) is 10.5. The van der Waals surface area contributed by atoms with Crippen LogP contribution >= 0.6 is 0 Å². The van der Waals surface area contributed by atoms with Crippen LogP contribution in [0.4, 0.5) is 0 Å². The van der Waals surface area contributed by atoms with Crippen LogP contribution in [0.3, 0.4) is 0 Å². The van der Waals surface area contributed by atoms with E-state index in [0.717, 1.165) is 30.2 Å². The van der Waals surface area contributed by atoms with Gasteiger partial charge in [-0.25, -0.2) is 0 Å². The molecule has 7 atom stereocenters. The van der Waals surface area contributed by atoms with Gasteiger partial charge >= 0.3 is 0 Å². The van der Waals surface area contributed by atoms with Gasteiger partial charge in [-0.2, -0.15) is 0 Å². The van der Waals surface area contributed by atoms with Crippen LogP contribution in [0.1, 0.15) is 91.9 Å². The molecule has 0 N–H and O–H groups in total. The Morgan fingerprint density at radius 2 is 1.80 bits per heavy atom. The Bertz CT molecular complexity index is 530. The molecule has 0 aromatic carbocycles. The van der Waals surface area contributed by atoms with Crippen molar-refractivity contribution in [1.29, 1.82) is 0 Å². The molecule has 4 saturated carbocycles. The molecular weight excluding hydrogens is 306 g/mol.